The molecule has 0 radical (unpaired) electrons. The van der Waals surface area contributed by atoms with Crippen LogP contribution in [0.25, 0.3) is 0 Å². The van der Waals surface area contributed by atoms with Crippen molar-refractivity contribution >= 4 is 22.0 Å². The molecule has 0 bridgehead atoms. The molecule has 4 heteroatoms. The highest BCUT2D eigenvalue weighted by atomic mass is 33.1. The van der Waals surface area contributed by atoms with Crippen LogP contribution in [-0.4, -0.2) is 13.1 Å². The highest BCUT2D eigenvalue weighted by Gasteiger charge is 1.93. The highest BCUT2D eigenvalue weighted by molar-refractivity contribution is 8.75. The molecule has 1 heterocycles. The van der Waals surface area contributed by atoms with Crippen LogP contribution in [0.2, 0.25) is 0 Å². The molecule has 0 saturated carbocycles. The van der Waals surface area contributed by atoms with E-state index in [-0.39, 0.29) is 0 Å². The van der Waals surface area contributed by atoms with Gasteiger partial charge in [0.1, 0.15) is 0 Å². The first kappa shape index (κ1) is 4.77. The summed E-state index contributed by atoms with van der Waals surface area (Å²) in [6.07, 6.45) is 0. The lowest BCUT2D eigenvalue weighted by Gasteiger charge is -2.08. The van der Waals surface area contributed by atoms with E-state index in [1.807, 2.05) is 0 Å². The molecule has 36 valence electrons. The second-order valence-electron chi connectivity index (χ2n) is 0.955. The number of hydrogen-bond acceptors (Lipinski definition) is 4. The summed E-state index contributed by atoms with van der Waals surface area (Å²) < 4.78 is 6.20. The van der Waals surface area contributed by atoms with Gasteiger partial charge in [-0.1, -0.05) is 0 Å². The van der Waals surface area contributed by atoms with Gasteiger partial charge in [-0.3, -0.25) is 9.44 Å². The molecular formula is C2H6N2S2. The Kier molecular flexibility index (Phi) is 2.18. The molecule has 1 aliphatic rings. The van der Waals surface area contributed by atoms with Crippen molar-refractivity contribution in [3.63, 3.8) is 0 Å². The van der Waals surface area contributed by atoms with E-state index < -0.39 is 0 Å². The molecule has 2 N–H and O–H groups in total. The van der Waals surface area contributed by atoms with Crippen molar-refractivity contribution in [3.8, 4) is 0 Å². The van der Waals surface area contributed by atoms with Gasteiger partial charge in [-0.15, -0.1) is 0 Å². The van der Waals surface area contributed by atoms with E-state index in [1.54, 1.807) is 22.0 Å². The summed E-state index contributed by atoms with van der Waals surface area (Å²) in [5, 5.41) is 0. The molecule has 6 heavy (non-hydrogen) atoms. The van der Waals surface area contributed by atoms with E-state index in [1.165, 1.54) is 0 Å². The van der Waals surface area contributed by atoms with Gasteiger partial charge in [0.05, 0.1) is 0 Å². The van der Waals surface area contributed by atoms with Crippen LogP contribution in [0, 0.1) is 0 Å². The first-order valence-electron chi connectivity index (χ1n) is 1.78. The maximum Gasteiger partial charge on any atom is 0.0202 e. The Morgan fingerprint density at radius 2 is 1.50 bits per heavy atom. The monoisotopic (exact) mass is 122 g/mol. The summed E-state index contributed by atoms with van der Waals surface area (Å²) in [5.74, 6) is 0. The van der Waals surface area contributed by atoms with Crippen molar-refractivity contribution in [3.05, 3.63) is 0 Å². The Morgan fingerprint density at radius 3 is 1.67 bits per heavy atom. The van der Waals surface area contributed by atoms with Gasteiger partial charge < -0.3 is 0 Å². The van der Waals surface area contributed by atoms with Gasteiger partial charge in [0.15, 0.2) is 0 Å². The smallest absolute Gasteiger partial charge is 0.0202 e. The van der Waals surface area contributed by atoms with Crippen LogP contribution in [-0.2, 0) is 0 Å². The molecule has 0 aliphatic carbocycles. The van der Waals surface area contributed by atoms with Crippen LogP contribution in [0.4, 0.5) is 0 Å². The third-order valence-electron chi connectivity index (χ3n) is 0.489. The molecule has 0 aromatic rings. The Labute approximate surface area is 45.1 Å². The van der Waals surface area contributed by atoms with Crippen molar-refractivity contribution in [2.45, 2.75) is 0 Å². The lowest BCUT2D eigenvalue weighted by molar-refractivity contribution is 0.869. The van der Waals surface area contributed by atoms with Crippen molar-refractivity contribution in [2.24, 2.45) is 0 Å². The van der Waals surface area contributed by atoms with E-state index in [9.17, 15) is 0 Å². The zero-order valence-electron chi connectivity index (χ0n) is 3.23. The molecule has 0 unspecified atom stereocenters. The van der Waals surface area contributed by atoms with E-state index in [2.05, 4.69) is 9.44 Å². The highest BCUT2D eigenvalue weighted by Crippen LogP contribution is 2.13. The molecular weight excluding hydrogens is 116 g/mol. The second kappa shape index (κ2) is 2.74. The van der Waals surface area contributed by atoms with Gasteiger partial charge >= 0.3 is 0 Å². The van der Waals surface area contributed by atoms with Crippen molar-refractivity contribution in [1.29, 1.82) is 0 Å². The van der Waals surface area contributed by atoms with Gasteiger partial charge in [-0.25, -0.2) is 0 Å². The van der Waals surface area contributed by atoms with Gasteiger partial charge in [0, 0.05) is 35.0 Å². The Morgan fingerprint density at radius 1 is 1.00 bits per heavy atom. The zero-order valence-corrected chi connectivity index (χ0v) is 4.86. The maximum atomic E-state index is 3.10. The molecule has 0 atom stereocenters. The molecule has 1 rings (SSSR count). The lowest BCUT2D eigenvalue weighted by atomic mass is 10.7. The fraction of sp³-hybridized carbons (Fsp3) is 1.00. The van der Waals surface area contributed by atoms with Gasteiger partial charge in [-0.2, -0.15) is 0 Å². The fourth-order valence-corrected chi connectivity index (χ4v) is 1.59. The van der Waals surface area contributed by atoms with Crippen LogP contribution in [0.15, 0.2) is 0 Å². The largest absolute Gasteiger partial charge is 0.252 e. The Balaban J connectivity index is 2.00. The average molecular weight is 122 g/mol. The summed E-state index contributed by atoms with van der Waals surface area (Å²) in [6, 6.07) is 0. The minimum atomic E-state index is 1.08. The van der Waals surface area contributed by atoms with Crippen LogP contribution >= 0.6 is 22.0 Å². The molecule has 0 amide bonds. The molecule has 1 saturated heterocycles. The molecule has 0 aromatic carbocycles. The van der Waals surface area contributed by atoms with Crippen molar-refractivity contribution < 1.29 is 0 Å². The van der Waals surface area contributed by atoms with E-state index >= 15 is 0 Å². The number of hydrogen-bond donors (Lipinski definition) is 2. The maximum absolute atomic E-state index is 3.10. The standard InChI is InChI=1S/C2H6N2S2/c1-2-4-6-5-3-1/h3-4H,1-2H2. The van der Waals surface area contributed by atoms with Crippen molar-refractivity contribution in [1.82, 2.24) is 9.44 Å². The second-order valence-corrected chi connectivity index (χ2v) is 2.87. The van der Waals surface area contributed by atoms with Crippen LogP contribution in [0.5, 0.6) is 0 Å². The topological polar surface area (TPSA) is 24.1 Å². The zero-order chi connectivity index (χ0) is 4.24. The third kappa shape index (κ3) is 1.38. The summed E-state index contributed by atoms with van der Waals surface area (Å²) in [4.78, 5) is 0. The SMILES string of the molecule is C1CNSSN1. The number of rotatable bonds is 0. The summed E-state index contributed by atoms with van der Waals surface area (Å²) in [5.41, 5.74) is 0. The van der Waals surface area contributed by atoms with Gasteiger partial charge in [0.2, 0.25) is 0 Å². The average Bonchev–Trinajstić information content (AvgIpc) is 1.72. The predicted octanol–water partition coefficient (Wildman–Crippen LogP) is 0.391. The van der Waals surface area contributed by atoms with Crippen LogP contribution in [0.1, 0.15) is 0 Å². The summed E-state index contributed by atoms with van der Waals surface area (Å²) >= 11 is 0. The lowest BCUT2D eigenvalue weighted by Crippen LogP contribution is -2.22. The predicted molar refractivity (Wildman–Crippen MR) is 31.2 cm³/mol. The normalized spacial score (nSPS) is 24.0. The van der Waals surface area contributed by atoms with E-state index in [0.717, 1.165) is 13.1 Å². The van der Waals surface area contributed by atoms with Gasteiger partial charge in [-0.05, 0) is 0 Å². The van der Waals surface area contributed by atoms with Crippen LogP contribution in [0.3, 0.4) is 0 Å². The Hall–Kier alpha value is 0.620. The first-order chi connectivity index (χ1) is 3.00. The minimum absolute atomic E-state index is 1.08. The summed E-state index contributed by atoms with van der Waals surface area (Å²) in [6.45, 7) is 2.16. The molecule has 2 nitrogen and oxygen atoms in total. The first-order valence-corrected chi connectivity index (χ1v) is 3.93. The van der Waals surface area contributed by atoms with E-state index in [4.69, 9.17) is 0 Å². The number of nitrogens with one attached hydrogen (secondary N) is 2. The molecule has 0 aromatic heterocycles. The Bertz CT molecular complexity index is 25.0. The third-order valence-corrected chi connectivity index (χ3v) is 2.17. The fourth-order valence-electron chi connectivity index (χ4n) is 0.244. The summed E-state index contributed by atoms with van der Waals surface area (Å²) in [7, 11) is 3.30. The quantitative estimate of drug-likeness (QED) is 0.358. The van der Waals surface area contributed by atoms with E-state index in [0.29, 0.717) is 0 Å². The molecule has 1 fully saturated rings. The van der Waals surface area contributed by atoms with Crippen molar-refractivity contribution in [2.75, 3.05) is 13.1 Å². The minimum Gasteiger partial charge on any atom is -0.252 e. The molecule has 0 spiro atoms. The molecule has 1 aliphatic heterocycles. The van der Waals surface area contributed by atoms with Gasteiger partial charge in [0.25, 0.3) is 0 Å². The van der Waals surface area contributed by atoms with Crippen LogP contribution < -0.4 is 9.44 Å².